The van der Waals surface area contributed by atoms with Gasteiger partial charge in [0.25, 0.3) is 0 Å². The van der Waals surface area contributed by atoms with Gasteiger partial charge in [-0.25, -0.2) is 4.98 Å². The van der Waals surface area contributed by atoms with Gasteiger partial charge in [-0.2, -0.15) is 0 Å². The van der Waals surface area contributed by atoms with Crippen LogP contribution >= 0.6 is 11.6 Å². The molecule has 1 aromatic heterocycles. The number of anilines is 1. The van der Waals surface area contributed by atoms with Gasteiger partial charge in [0, 0.05) is 24.2 Å². The molecule has 1 aliphatic carbocycles. The summed E-state index contributed by atoms with van der Waals surface area (Å²) in [5, 5.41) is 0. The zero-order valence-corrected chi connectivity index (χ0v) is 11.5. The van der Waals surface area contributed by atoms with Gasteiger partial charge in [-0.15, -0.1) is 11.6 Å². The molecule has 0 atom stereocenters. The Balaban J connectivity index is 2.14. The fourth-order valence-electron chi connectivity index (χ4n) is 2.08. The number of halogens is 1. The van der Waals surface area contributed by atoms with Gasteiger partial charge in [0.15, 0.2) is 0 Å². The molecule has 1 heterocycles. The molecule has 2 rings (SSSR count). The minimum absolute atomic E-state index is 0.553. The number of aromatic nitrogens is 1. The molecular formula is C14H21ClN2. The van der Waals surface area contributed by atoms with Crippen LogP contribution in [0.3, 0.4) is 0 Å². The molecule has 0 aromatic carbocycles. The Labute approximate surface area is 109 Å². The first-order valence-corrected chi connectivity index (χ1v) is 7.08. The second-order valence-corrected chi connectivity index (χ2v) is 5.09. The number of aryl methyl sites for hydroxylation is 1. The maximum absolute atomic E-state index is 5.87. The molecule has 1 aliphatic rings. The van der Waals surface area contributed by atoms with E-state index in [1.54, 1.807) is 0 Å². The van der Waals surface area contributed by atoms with Gasteiger partial charge in [-0.05, 0) is 37.8 Å². The molecule has 94 valence electrons. The third kappa shape index (κ3) is 3.12. The molecule has 0 bridgehead atoms. The Hall–Kier alpha value is -0.760. The number of rotatable bonds is 6. The molecule has 17 heavy (non-hydrogen) atoms. The fraction of sp³-hybridized carbons (Fsp3) is 0.643. The topological polar surface area (TPSA) is 16.1 Å². The number of hydrogen-bond donors (Lipinski definition) is 0. The second kappa shape index (κ2) is 5.72. The van der Waals surface area contributed by atoms with Crippen molar-refractivity contribution in [1.29, 1.82) is 0 Å². The number of alkyl halides is 1. The van der Waals surface area contributed by atoms with Crippen LogP contribution in [0.5, 0.6) is 0 Å². The third-order valence-corrected chi connectivity index (χ3v) is 3.65. The molecule has 0 aliphatic heterocycles. The minimum Gasteiger partial charge on any atom is -0.354 e. The molecule has 1 aromatic rings. The van der Waals surface area contributed by atoms with Crippen LogP contribution in [0.2, 0.25) is 0 Å². The average Bonchev–Trinajstić information content (AvgIpc) is 3.14. The van der Waals surface area contributed by atoms with Crippen LogP contribution < -0.4 is 4.90 Å². The van der Waals surface area contributed by atoms with Crippen LogP contribution in [0.25, 0.3) is 0 Å². The highest BCUT2D eigenvalue weighted by molar-refractivity contribution is 6.17. The van der Waals surface area contributed by atoms with Crippen molar-refractivity contribution in [2.45, 2.75) is 51.5 Å². The predicted octanol–water partition coefficient (Wildman–Crippen LogP) is 3.90. The third-order valence-electron chi connectivity index (χ3n) is 3.36. The Morgan fingerprint density at radius 3 is 2.71 bits per heavy atom. The smallest absolute Gasteiger partial charge is 0.129 e. The first kappa shape index (κ1) is 12.7. The van der Waals surface area contributed by atoms with Gasteiger partial charge in [0.2, 0.25) is 0 Å². The lowest BCUT2D eigenvalue weighted by Crippen LogP contribution is -2.27. The van der Waals surface area contributed by atoms with Crippen molar-refractivity contribution < 1.29 is 0 Å². The summed E-state index contributed by atoms with van der Waals surface area (Å²) in [5.41, 5.74) is 2.21. The number of nitrogens with zero attached hydrogens (tertiary/aromatic N) is 2. The van der Waals surface area contributed by atoms with Crippen molar-refractivity contribution in [3.8, 4) is 0 Å². The normalized spacial score (nSPS) is 15.0. The van der Waals surface area contributed by atoms with Crippen molar-refractivity contribution >= 4 is 17.4 Å². The Kier molecular flexibility index (Phi) is 4.27. The summed E-state index contributed by atoms with van der Waals surface area (Å²) >= 11 is 5.87. The van der Waals surface area contributed by atoms with Gasteiger partial charge < -0.3 is 4.90 Å². The largest absolute Gasteiger partial charge is 0.354 e. The molecule has 1 fully saturated rings. The monoisotopic (exact) mass is 252 g/mol. The molecule has 0 radical (unpaired) electrons. The standard InChI is InChI=1S/C14H21ClN2/c1-3-4-9-17(13-6-7-13)14-8-5-12(10-15)11(2)16-14/h5,8,13H,3-4,6-7,9-10H2,1-2H3. The van der Waals surface area contributed by atoms with E-state index in [0.29, 0.717) is 5.88 Å². The Morgan fingerprint density at radius 1 is 1.41 bits per heavy atom. The van der Waals surface area contributed by atoms with Gasteiger partial charge in [0.1, 0.15) is 5.82 Å². The summed E-state index contributed by atoms with van der Waals surface area (Å²) in [6, 6.07) is 4.97. The maximum atomic E-state index is 5.87. The van der Waals surface area contributed by atoms with Crippen molar-refractivity contribution in [3.05, 3.63) is 23.4 Å². The SMILES string of the molecule is CCCCN(c1ccc(CCl)c(C)n1)C1CC1. The van der Waals surface area contributed by atoms with Crippen molar-refractivity contribution in [3.63, 3.8) is 0 Å². The molecular weight excluding hydrogens is 232 g/mol. The average molecular weight is 253 g/mol. The first-order chi connectivity index (χ1) is 8.26. The van der Waals surface area contributed by atoms with E-state index in [2.05, 4.69) is 24.0 Å². The molecule has 0 spiro atoms. The van der Waals surface area contributed by atoms with E-state index in [1.807, 2.05) is 6.92 Å². The van der Waals surface area contributed by atoms with E-state index < -0.39 is 0 Å². The molecule has 0 saturated heterocycles. The van der Waals surface area contributed by atoms with Crippen LogP contribution in [-0.4, -0.2) is 17.6 Å². The Bertz CT molecular complexity index is 374. The molecule has 0 unspecified atom stereocenters. The van der Waals surface area contributed by atoms with E-state index in [4.69, 9.17) is 16.6 Å². The highest BCUT2D eigenvalue weighted by atomic mass is 35.5. The van der Waals surface area contributed by atoms with E-state index in [0.717, 1.165) is 29.7 Å². The van der Waals surface area contributed by atoms with Crippen LogP contribution in [0.15, 0.2) is 12.1 Å². The van der Waals surface area contributed by atoms with Crippen molar-refractivity contribution in [2.75, 3.05) is 11.4 Å². The summed E-state index contributed by atoms with van der Waals surface area (Å²) < 4.78 is 0. The fourth-order valence-corrected chi connectivity index (χ4v) is 2.36. The summed E-state index contributed by atoms with van der Waals surface area (Å²) in [6.07, 6.45) is 5.12. The summed E-state index contributed by atoms with van der Waals surface area (Å²) in [7, 11) is 0. The predicted molar refractivity (Wildman–Crippen MR) is 73.8 cm³/mol. The van der Waals surface area contributed by atoms with Crippen LogP contribution in [0, 0.1) is 6.92 Å². The second-order valence-electron chi connectivity index (χ2n) is 4.83. The lowest BCUT2D eigenvalue weighted by molar-refractivity contribution is 0.703. The molecule has 1 saturated carbocycles. The van der Waals surface area contributed by atoms with Crippen LogP contribution in [-0.2, 0) is 5.88 Å². The number of pyridine rings is 1. The lowest BCUT2D eigenvalue weighted by atomic mass is 10.2. The van der Waals surface area contributed by atoms with Gasteiger partial charge >= 0.3 is 0 Å². The zero-order chi connectivity index (χ0) is 12.3. The highest BCUT2D eigenvalue weighted by Gasteiger charge is 2.29. The van der Waals surface area contributed by atoms with Crippen molar-refractivity contribution in [2.24, 2.45) is 0 Å². The van der Waals surface area contributed by atoms with E-state index >= 15 is 0 Å². The van der Waals surface area contributed by atoms with E-state index in [9.17, 15) is 0 Å². The van der Waals surface area contributed by atoms with E-state index in [1.165, 1.54) is 25.7 Å². The van der Waals surface area contributed by atoms with Gasteiger partial charge in [0.05, 0.1) is 0 Å². The van der Waals surface area contributed by atoms with Crippen molar-refractivity contribution in [1.82, 2.24) is 4.98 Å². The molecule has 0 N–H and O–H groups in total. The molecule has 2 nitrogen and oxygen atoms in total. The van der Waals surface area contributed by atoms with Crippen LogP contribution in [0.1, 0.15) is 43.9 Å². The lowest BCUT2D eigenvalue weighted by Gasteiger charge is -2.24. The Morgan fingerprint density at radius 2 is 2.18 bits per heavy atom. The number of hydrogen-bond acceptors (Lipinski definition) is 2. The van der Waals surface area contributed by atoms with Gasteiger partial charge in [-0.1, -0.05) is 19.4 Å². The summed E-state index contributed by atoms with van der Waals surface area (Å²) in [5.74, 6) is 1.68. The molecule has 3 heteroatoms. The highest BCUT2D eigenvalue weighted by Crippen LogP contribution is 2.31. The van der Waals surface area contributed by atoms with E-state index in [-0.39, 0.29) is 0 Å². The van der Waals surface area contributed by atoms with Crippen LogP contribution in [0.4, 0.5) is 5.82 Å². The summed E-state index contributed by atoms with van der Waals surface area (Å²) in [6.45, 7) is 5.42. The molecule has 0 amide bonds. The zero-order valence-electron chi connectivity index (χ0n) is 10.7. The minimum atomic E-state index is 0.553. The first-order valence-electron chi connectivity index (χ1n) is 6.55. The maximum Gasteiger partial charge on any atom is 0.129 e. The quantitative estimate of drug-likeness (QED) is 0.714. The summed E-state index contributed by atoms with van der Waals surface area (Å²) in [4.78, 5) is 7.17. The number of unbranched alkanes of at least 4 members (excludes halogenated alkanes) is 1. The van der Waals surface area contributed by atoms with Gasteiger partial charge in [-0.3, -0.25) is 0 Å².